The number of carbonyl (C=O) groups is 3. The van der Waals surface area contributed by atoms with Gasteiger partial charge in [0.15, 0.2) is 6.10 Å². The molecule has 0 rings (SSSR count). The van der Waals surface area contributed by atoms with Crippen LogP contribution < -0.4 is 5.11 Å². The highest BCUT2D eigenvalue weighted by atomic mass is 16.6. The van der Waals surface area contributed by atoms with Crippen LogP contribution in [0.2, 0.25) is 0 Å². The standard InChI is InChI=1S/C48H89NO7/c1-6-8-10-12-14-16-18-20-22-23-24-25-27-28-30-32-34-36-38-46(50)55-43-44(42-54-41-40-45(48(52)53)49(3,4)5)56-47(51)39-37-35-33-31-29-26-21-19-17-15-13-11-9-7-2/h24-26,29,44-45H,6-23,27-28,30-43H2,1-5H3/b25-24+,29-26+. The first-order valence-corrected chi connectivity index (χ1v) is 23.4. The van der Waals surface area contributed by atoms with Crippen LogP contribution >= 0.6 is 0 Å². The third-order valence-electron chi connectivity index (χ3n) is 10.6. The molecular weight excluding hydrogens is 703 g/mol. The first-order valence-electron chi connectivity index (χ1n) is 23.4. The molecule has 8 nitrogen and oxygen atoms in total. The van der Waals surface area contributed by atoms with E-state index in [2.05, 4.69) is 38.2 Å². The Morgan fingerprint density at radius 1 is 0.518 bits per heavy atom. The maximum absolute atomic E-state index is 12.7. The van der Waals surface area contributed by atoms with Gasteiger partial charge < -0.3 is 28.6 Å². The molecule has 0 aliphatic heterocycles. The number of carboxylic acid groups (broad SMARTS) is 1. The second-order valence-corrected chi connectivity index (χ2v) is 17.0. The molecule has 0 aromatic rings. The molecule has 0 aromatic carbocycles. The summed E-state index contributed by atoms with van der Waals surface area (Å²) in [5.74, 6) is -1.76. The second kappa shape index (κ2) is 39.6. The third kappa shape index (κ3) is 37.4. The number of likely N-dealkylation sites (N-methyl/N-ethyl adjacent to an activating group) is 1. The summed E-state index contributed by atoms with van der Waals surface area (Å²) in [5, 5.41) is 11.6. The van der Waals surface area contributed by atoms with Crippen molar-refractivity contribution in [3.05, 3.63) is 24.3 Å². The van der Waals surface area contributed by atoms with Crippen molar-refractivity contribution in [1.29, 1.82) is 0 Å². The zero-order chi connectivity index (χ0) is 41.4. The number of carboxylic acids is 1. The number of nitrogens with zero attached hydrogens (tertiary/aromatic N) is 1. The molecule has 0 radical (unpaired) electrons. The van der Waals surface area contributed by atoms with E-state index in [1.807, 2.05) is 0 Å². The Morgan fingerprint density at radius 2 is 0.893 bits per heavy atom. The maximum atomic E-state index is 12.7. The first kappa shape index (κ1) is 53.8. The summed E-state index contributed by atoms with van der Waals surface area (Å²) in [6.07, 6.45) is 43.4. The summed E-state index contributed by atoms with van der Waals surface area (Å²) in [6, 6.07) is -0.727. The molecule has 0 amide bonds. The van der Waals surface area contributed by atoms with Crippen LogP contribution in [0.25, 0.3) is 0 Å². The lowest BCUT2D eigenvalue weighted by atomic mass is 10.1. The number of hydrogen-bond donors (Lipinski definition) is 0. The topological polar surface area (TPSA) is 102 Å². The van der Waals surface area contributed by atoms with Crippen molar-refractivity contribution in [3.8, 4) is 0 Å². The fourth-order valence-electron chi connectivity index (χ4n) is 6.88. The van der Waals surface area contributed by atoms with E-state index in [-0.39, 0.29) is 42.7 Å². The molecule has 0 saturated heterocycles. The second-order valence-electron chi connectivity index (χ2n) is 17.0. The molecule has 0 aromatic heterocycles. The van der Waals surface area contributed by atoms with Gasteiger partial charge in [-0.3, -0.25) is 9.59 Å². The molecule has 0 spiro atoms. The number of quaternary nitrogens is 1. The van der Waals surface area contributed by atoms with Gasteiger partial charge in [-0.25, -0.2) is 0 Å². The van der Waals surface area contributed by atoms with Crippen LogP contribution in [0.3, 0.4) is 0 Å². The highest BCUT2D eigenvalue weighted by Crippen LogP contribution is 2.14. The molecule has 0 fully saturated rings. The van der Waals surface area contributed by atoms with Crippen molar-refractivity contribution in [2.75, 3.05) is 41.0 Å². The molecule has 2 unspecified atom stereocenters. The lowest BCUT2D eigenvalue weighted by Crippen LogP contribution is -2.55. The Hall–Kier alpha value is -2.19. The van der Waals surface area contributed by atoms with Gasteiger partial charge in [0.05, 0.1) is 40.3 Å². The van der Waals surface area contributed by atoms with Crippen LogP contribution in [0.4, 0.5) is 0 Å². The molecule has 0 aliphatic rings. The van der Waals surface area contributed by atoms with Gasteiger partial charge in [0.1, 0.15) is 12.6 Å². The lowest BCUT2D eigenvalue weighted by molar-refractivity contribution is -0.889. The van der Waals surface area contributed by atoms with E-state index in [1.54, 1.807) is 21.1 Å². The van der Waals surface area contributed by atoms with Crippen LogP contribution in [0.15, 0.2) is 24.3 Å². The van der Waals surface area contributed by atoms with Gasteiger partial charge in [0, 0.05) is 19.3 Å². The Kier molecular flexibility index (Phi) is 38.1. The van der Waals surface area contributed by atoms with E-state index >= 15 is 0 Å². The van der Waals surface area contributed by atoms with E-state index in [9.17, 15) is 19.5 Å². The molecule has 8 heteroatoms. The minimum absolute atomic E-state index is 0.0348. The third-order valence-corrected chi connectivity index (χ3v) is 10.6. The van der Waals surface area contributed by atoms with Gasteiger partial charge in [-0.2, -0.15) is 0 Å². The molecule has 0 N–H and O–H groups in total. The maximum Gasteiger partial charge on any atom is 0.306 e. The monoisotopic (exact) mass is 792 g/mol. The molecule has 328 valence electrons. The zero-order valence-corrected chi connectivity index (χ0v) is 37.3. The Bertz CT molecular complexity index is 973. The van der Waals surface area contributed by atoms with E-state index in [1.165, 1.54) is 116 Å². The van der Waals surface area contributed by atoms with Crippen molar-refractivity contribution in [2.24, 2.45) is 0 Å². The predicted molar refractivity (Wildman–Crippen MR) is 231 cm³/mol. The van der Waals surface area contributed by atoms with Gasteiger partial charge >= 0.3 is 11.9 Å². The average Bonchev–Trinajstić information content (AvgIpc) is 3.15. The number of allylic oxidation sites excluding steroid dienone is 4. The number of hydrogen-bond acceptors (Lipinski definition) is 7. The number of rotatable bonds is 42. The Labute approximate surface area is 345 Å². The summed E-state index contributed by atoms with van der Waals surface area (Å²) in [7, 11) is 5.40. The molecule has 0 heterocycles. The van der Waals surface area contributed by atoms with Crippen LogP contribution in [0.5, 0.6) is 0 Å². The number of esters is 2. The summed E-state index contributed by atoms with van der Waals surface area (Å²) < 4.78 is 17.2. The van der Waals surface area contributed by atoms with Crippen molar-refractivity contribution in [2.45, 2.75) is 225 Å². The van der Waals surface area contributed by atoms with Gasteiger partial charge in [-0.1, -0.05) is 154 Å². The Balaban J connectivity index is 4.32. The fraction of sp³-hybridized carbons (Fsp3) is 0.854. The van der Waals surface area contributed by atoms with Crippen LogP contribution in [0.1, 0.15) is 213 Å². The SMILES string of the molecule is CCCCCCCCC/C=C/CCCCCC(=O)OC(COCCC(C(=O)[O-])[N+](C)(C)C)COC(=O)CCCCCCC/C=C/CCCCCCCCCCC. The van der Waals surface area contributed by atoms with Crippen LogP contribution in [0, 0.1) is 0 Å². The number of aliphatic carboxylic acids is 1. The summed E-state index contributed by atoms with van der Waals surface area (Å²) in [5.41, 5.74) is 0. The number of unbranched alkanes of at least 4 members (excludes halogenated alkanes) is 24. The highest BCUT2D eigenvalue weighted by molar-refractivity contribution is 5.70. The predicted octanol–water partition coefficient (Wildman–Crippen LogP) is 11.5. The molecule has 2 atom stereocenters. The number of carbonyl (C=O) groups excluding carboxylic acids is 3. The quantitative estimate of drug-likeness (QED) is 0.0262. The van der Waals surface area contributed by atoms with Gasteiger partial charge in [0.2, 0.25) is 0 Å². The molecular formula is C48H89NO7. The molecule has 0 saturated carbocycles. The molecule has 0 bridgehead atoms. The zero-order valence-electron chi connectivity index (χ0n) is 37.3. The van der Waals surface area contributed by atoms with Crippen molar-refractivity contribution in [3.63, 3.8) is 0 Å². The van der Waals surface area contributed by atoms with Crippen molar-refractivity contribution < 1.29 is 38.2 Å². The molecule has 56 heavy (non-hydrogen) atoms. The minimum atomic E-state index is -1.13. The van der Waals surface area contributed by atoms with Gasteiger partial charge in [-0.15, -0.1) is 0 Å². The van der Waals surface area contributed by atoms with E-state index in [0.29, 0.717) is 12.8 Å². The van der Waals surface area contributed by atoms with Crippen molar-refractivity contribution in [1.82, 2.24) is 0 Å². The highest BCUT2D eigenvalue weighted by Gasteiger charge is 2.25. The molecule has 0 aliphatic carbocycles. The van der Waals surface area contributed by atoms with E-state index < -0.39 is 18.1 Å². The van der Waals surface area contributed by atoms with E-state index in [0.717, 1.165) is 64.2 Å². The number of ether oxygens (including phenoxy) is 3. The lowest BCUT2D eigenvalue weighted by Gasteiger charge is -2.34. The largest absolute Gasteiger partial charge is 0.544 e. The first-order chi connectivity index (χ1) is 27.1. The summed E-state index contributed by atoms with van der Waals surface area (Å²) in [4.78, 5) is 36.9. The van der Waals surface area contributed by atoms with Gasteiger partial charge in [-0.05, 0) is 64.2 Å². The summed E-state index contributed by atoms with van der Waals surface area (Å²) >= 11 is 0. The summed E-state index contributed by atoms with van der Waals surface area (Å²) in [6.45, 7) is 4.65. The van der Waals surface area contributed by atoms with Gasteiger partial charge in [0.25, 0.3) is 0 Å². The Morgan fingerprint density at radius 3 is 1.30 bits per heavy atom. The minimum Gasteiger partial charge on any atom is -0.544 e. The van der Waals surface area contributed by atoms with E-state index in [4.69, 9.17) is 14.2 Å². The fourth-order valence-corrected chi connectivity index (χ4v) is 6.88. The average molecular weight is 792 g/mol. The smallest absolute Gasteiger partial charge is 0.306 e. The van der Waals surface area contributed by atoms with Crippen LogP contribution in [-0.4, -0.2) is 75.5 Å². The normalized spacial score (nSPS) is 13.1. The van der Waals surface area contributed by atoms with Crippen LogP contribution in [-0.2, 0) is 28.6 Å². The van der Waals surface area contributed by atoms with Crippen molar-refractivity contribution >= 4 is 17.9 Å².